The van der Waals surface area contributed by atoms with Crippen LogP contribution in [0.2, 0.25) is 5.02 Å². The summed E-state index contributed by atoms with van der Waals surface area (Å²) >= 11 is 6.36. The molecule has 3 N–H and O–H groups in total. The lowest BCUT2D eigenvalue weighted by Crippen LogP contribution is -2.41. The van der Waals surface area contributed by atoms with E-state index in [1.807, 2.05) is 19.9 Å². The second-order valence-electron chi connectivity index (χ2n) is 7.71. The Morgan fingerprint density at radius 3 is 2.41 bits per heavy atom. The minimum atomic E-state index is -0.302. The summed E-state index contributed by atoms with van der Waals surface area (Å²) in [6, 6.07) is 13.7. The van der Waals surface area contributed by atoms with Crippen molar-refractivity contribution < 1.29 is 9.59 Å². The van der Waals surface area contributed by atoms with Crippen LogP contribution < -0.4 is 11.1 Å². The zero-order valence-corrected chi connectivity index (χ0v) is 17.6. The summed E-state index contributed by atoms with van der Waals surface area (Å²) in [5, 5.41) is 12.2. The number of amides is 2. The van der Waals surface area contributed by atoms with E-state index >= 15 is 0 Å². The SMILES string of the molecule is CC(=O)Nc1ccc(Cl)c(CN(CC(C)(C)CN)C(=O)c2ccc(C#N)cc2)c1. The average molecular weight is 413 g/mol. The van der Waals surface area contributed by atoms with E-state index in [0.717, 1.165) is 0 Å². The predicted octanol–water partition coefficient (Wildman–Crippen LogP) is 3.80. The van der Waals surface area contributed by atoms with Crippen molar-refractivity contribution in [2.45, 2.75) is 27.3 Å². The lowest BCUT2D eigenvalue weighted by molar-refractivity contribution is -0.114. The second-order valence-corrected chi connectivity index (χ2v) is 8.11. The molecule has 2 aromatic carbocycles. The maximum Gasteiger partial charge on any atom is 0.254 e. The van der Waals surface area contributed by atoms with Gasteiger partial charge in [-0.15, -0.1) is 0 Å². The van der Waals surface area contributed by atoms with Gasteiger partial charge in [0.1, 0.15) is 0 Å². The molecule has 0 heterocycles. The number of nitrogens with two attached hydrogens (primary N) is 1. The molecule has 0 aliphatic heterocycles. The van der Waals surface area contributed by atoms with Crippen LogP contribution >= 0.6 is 11.6 Å². The van der Waals surface area contributed by atoms with Crippen molar-refractivity contribution in [2.24, 2.45) is 11.1 Å². The van der Waals surface area contributed by atoms with Crippen LogP contribution in [-0.2, 0) is 11.3 Å². The average Bonchev–Trinajstić information content (AvgIpc) is 2.69. The van der Waals surface area contributed by atoms with E-state index in [-0.39, 0.29) is 23.8 Å². The van der Waals surface area contributed by atoms with Gasteiger partial charge in [-0.1, -0.05) is 25.4 Å². The molecule has 2 rings (SSSR count). The van der Waals surface area contributed by atoms with Crippen molar-refractivity contribution in [3.05, 3.63) is 64.2 Å². The maximum atomic E-state index is 13.2. The van der Waals surface area contributed by atoms with Crippen molar-refractivity contribution in [1.29, 1.82) is 5.26 Å². The summed E-state index contributed by atoms with van der Waals surface area (Å²) in [5.41, 5.74) is 7.88. The molecule has 7 heteroatoms. The van der Waals surface area contributed by atoms with E-state index in [0.29, 0.717) is 40.5 Å². The number of benzene rings is 2. The molecule has 0 saturated heterocycles. The van der Waals surface area contributed by atoms with Gasteiger partial charge in [-0.3, -0.25) is 9.59 Å². The summed E-state index contributed by atoms with van der Waals surface area (Å²) < 4.78 is 0. The molecule has 6 nitrogen and oxygen atoms in total. The fourth-order valence-corrected chi connectivity index (χ4v) is 3.01. The molecule has 0 aliphatic rings. The fraction of sp³-hybridized carbons (Fsp3) is 0.318. The number of hydrogen-bond acceptors (Lipinski definition) is 4. The Morgan fingerprint density at radius 1 is 1.21 bits per heavy atom. The van der Waals surface area contributed by atoms with E-state index in [2.05, 4.69) is 5.32 Å². The zero-order valence-electron chi connectivity index (χ0n) is 16.8. The van der Waals surface area contributed by atoms with Crippen molar-refractivity contribution >= 4 is 29.1 Å². The van der Waals surface area contributed by atoms with Crippen LogP contribution in [0.25, 0.3) is 0 Å². The number of halogens is 1. The molecule has 0 unspecified atom stereocenters. The van der Waals surface area contributed by atoms with E-state index in [1.165, 1.54) is 6.92 Å². The highest BCUT2D eigenvalue weighted by Gasteiger charge is 2.25. The predicted molar refractivity (Wildman–Crippen MR) is 114 cm³/mol. The number of hydrogen-bond donors (Lipinski definition) is 2. The molecule has 0 aromatic heterocycles. The Morgan fingerprint density at radius 2 is 1.86 bits per heavy atom. The van der Waals surface area contributed by atoms with Gasteiger partial charge in [0.05, 0.1) is 11.6 Å². The molecular formula is C22H25ClN4O2. The van der Waals surface area contributed by atoms with E-state index in [1.54, 1.807) is 47.4 Å². The number of nitrogens with one attached hydrogen (secondary N) is 1. The van der Waals surface area contributed by atoms with Crippen LogP contribution in [0.3, 0.4) is 0 Å². The van der Waals surface area contributed by atoms with Crippen LogP contribution in [0, 0.1) is 16.7 Å². The first kappa shape index (κ1) is 22.4. The monoisotopic (exact) mass is 412 g/mol. The summed E-state index contributed by atoms with van der Waals surface area (Å²) in [5.74, 6) is -0.370. The van der Waals surface area contributed by atoms with Gasteiger partial charge in [0.15, 0.2) is 0 Å². The molecular weight excluding hydrogens is 388 g/mol. The summed E-state index contributed by atoms with van der Waals surface area (Å²) in [6.07, 6.45) is 0. The van der Waals surface area contributed by atoms with Crippen molar-refractivity contribution in [1.82, 2.24) is 4.90 Å². The molecule has 2 amide bonds. The van der Waals surface area contributed by atoms with Gasteiger partial charge in [-0.05, 0) is 60.0 Å². The Hall–Kier alpha value is -2.88. The summed E-state index contributed by atoms with van der Waals surface area (Å²) in [4.78, 5) is 26.3. The third-order valence-electron chi connectivity index (χ3n) is 4.45. The van der Waals surface area contributed by atoms with Crippen molar-refractivity contribution in [2.75, 3.05) is 18.4 Å². The molecule has 0 radical (unpaired) electrons. The van der Waals surface area contributed by atoms with Crippen LogP contribution in [0.5, 0.6) is 0 Å². The normalized spacial score (nSPS) is 10.9. The van der Waals surface area contributed by atoms with Crippen LogP contribution in [0.15, 0.2) is 42.5 Å². The first-order chi connectivity index (χ1) is 13.6. The van der Waals surface area contributed by atoms with Gasteiger partial charge in [0.25, 0.3) is 5.91 Å². The third-order valence-corrected chi connectivity index (χ3v) is 4.82. The second kappa shape index (κ2) is 9.55. The van der Waals surface area contributed by atoms with Crippen LogP contribution in [0.4, 0.5) is 5.69 Å². The summed E-state index contributed by atoms with van der Waals surface area (Å²) in [7, 11) is 0. The number of carbonyl (C=O) groups excluding carboxylic acids is 2. The Kier molecular flexibility index (Phi) is 7.38. The van der Waals surface area contributed by atoms with Crippen molar-refractivity contribution in [3.8, 4) is 6.07 Å². The number of carbonyl (C=O) groups is 2. The van der Waals surface area contributed by atoms with Crippen LogP contribution in [0.1, 0.15) is 42.3 Å². The van der Waals surface area contributed by atoms with E-state index in [9.17, 15) is 9.59 Å². The van der Waals surface area contributed by atoms with E-state index < -0.39 is 0 Å². The highest BCUT2D eigenvalue weighted by atomic mass is 35.5. The molecule has 0 atom stereocenters. The molecule has 29 heavy (non-hydrogen) atoms. The smallest absolute Gasteiger partial charge is 0.254 e. The highest BCUT2D eigenvalue weighted by molar-refractivity contribution is 6.31. The highest BCUT2D eigenvalue weighted by Crippen LogP contribution is 2.25. The van der Waals surface area contributed by atoms with Gasteiger partial charge in [0, 0.05) is 36.3 Å². The van der Waals surface area contributed by atoms with Crippen LogP contribution in [-0.4, -0.2) is 29.8 Å². The first-order valence-electron chi connectivity index (χ1n) is 9.21. The molecule has 0 spiro atoms. The third kappa shape index (κ3) is 6.31. The minimum absolute atomic E-state index is 0.183. The Bertz CT molecular complexity index is 933. The summed E-state index contributed by atoms with van der Waals surface area (Å²) in [6.45, 7) is 6.49. The lowest BCUT2D eigenvalue weighted by Gasteiger charge is -2.32. The van der Waals surface area contributed by atoms with Gasteiger partial charge < -0.3 is 16.0 Å². The molecule has 0 aliphatic carbocycles. The topological polar surface area (TPSA) is 99.2 Å². The number of nitriles is 1. The largest absolute Gasteiger partial charge is 0.334 e. The van der Waals surface area contributed by atoms with Gasteiger partial charge in [0.2, 0.25) is 5.91 Å². The zero-order chi connectivity index (χ0) is 21.6. The minimum Gasteiger partial charge on any atom is -0.334 e. The first-order valence-corrected chi connectivity index (χ1v) is 9.58. The van der Waals surface area contributed by atoms with E-state index in [4.69, 9.17) is 22.6 Å². The fourth-order valence-electron chi connectivity index (χ4n) is 2.83. The Labute approximate surface area is 176 Å². The lowest BCUT2D eigenvalue weighted by atomic mass is 9.92. The van der Waals surface area contributed by atoms with Gasteiger partial charge >= 0.3 is 0 Å². The number of anilines is 1. The molecule has 152 valence electrons. The molecule has 2 aromatic rings. The maximum absolute atomic E-state index is 13.2. The molecule has 0 fully saturated rings. The number of rotatable bonds is 7. The Balaban J connectivity index is 2.36. The number of nitrogens with zero attached hydrogens (tertiary/aromatic N) is 2. The standard InChI is InChI=1S/C22H25ClN4O2/c1-15(28)26-19-8-9-20(23)18(10-19)12-27(14-22(2,3)13-25)21(29)17-6-4-16(11-24)5-7-17/h4-10H,12-14,25H2,1-3H3,(H,26,28). The van der Waals surface area contributed by atoms with Gasteiger partial charge in [-0.25, -0.2) is 0 Å². The molecule has 0 bridgehead atoms. The van der Waals surface area contributed by atoms with Crippen molar-refractivity contribution in [3.63, 3.8) is 0 Å². The quantitative estimate of drug-likeness (QED) is 0.722. The van der Waals surface area contributed by atoms with Gasteiger partial charge in [-0.2, -0.15) is 5.26 Å². The molecule has 0 saturated carbocycles.